The lowest BCUT2D eigenvalue weighted by Crippen LogP contribution is -2.15. The van der Waals surface area contributed by atoms with Crippen LogP contribution >= 0.6 is 0 Å². The van der Waals surface area contributed by atoms with E-state index in [2.05, 4.69) is 13.8 Å². The van der Waals surface area contributed by atoms with Gasteiger partial charge in [-0.1, -0.05) is 115 Å². The summed E-state index contributed by atoms with van der Waals surface area (Å²) in [6.07, 6.45) is 17.0. The van der Waals surface area contributed by atoms with E-state index >= 15 is 0 Å². The van der Waals surface area contributed by atoms with Crippen molar-refractivity contribution in [3.8, 4) is 0 Å². The number of aryl methyl sites for hydroxylation is 1. The number of unbranched alkanes of at least 4 members (excludes halogenated alkanes) is 12. The van der Waals surface area contributed by atoms with Crippen LogP contribution in [0.4, 0.5) is 0 Å². The first-order valence-electron chi connectivity index (χ1n) is 13.6. The van der Waals surface area contributed by atoms with Crippen molar-refractivity contribution >= 4 is 26.9 Å². The summed E-state index contributed by atoms with van der Waals surface area (Å²) < 4.78 is 34.8. The van der Waals surface area contributed by atoms with Gasteiger partial charge in [-0.2, -0.15) is 8.42 Å². The summed E-state index contributed by atoms with van der Waals surface area (Å²) in [5.74, 6) is -1.29. The molecule has 0 unspecified atom stereocenters. The molecule has 0 spiro atoms. The van der Waals surface area contributed by atoms with Crippen molar-refractivity contribution in [3.05, 3.63) is 41.0 Å². The van der Waals surface area contributed by atoms with Crippen LogP contribution in [-0.4, -0.2) is 24.0 Å². The van der Waals surface area contributed by atoms with Gasteiger partial charge in [0.05, 0.1) is 5.56 Å². The van der Waals surface area contributed by atoms with E-state index in [1.807, 2.05) is 12.1 Å². The molecule has 35 heavy (non-hydrogen) atoms. The summed E-state index contributed by atoms with van der Waals surface area (Å²) in [7, 11) is -4.71. The van der Waals surface area contributed by atoms with Gasteiger partial charge in [-0.3, -0.25) is 4.55 Å². The number of fused-ring (bicyclic) bond motifs is 1. The normalized spacial score (nSPS) is 11.9. The summed E-state index contributed by atoms with van der Waals surface area (Å²) in [6, 6.07) is 7.01. The fourth-order valence-corrected chi connectivity index (χ4v) is 6.03. The van der Waals surface area contributed by atoms with E-state index in [0.29, 0.717) is 23.8 Å². The smallest absolute Gasteiger partial charge is 0.337 e. The second kappa shape index (κ2) is 15.2. The van der Waals surface area contributed by atoms with Crippen molar-refractivity contribution in [1.29, 1.82) is 0 Å². The molecule has 0 aliphatic carbocycles. The molecule has 2 N–H and O–H groups in total. The van der Waals surface area contributed by atoms with Crippen LogP contribution in [0.3, 0.4) is 0 Å². The zero-order valence-electron chi connectivity index (χ0n) is 21.7. The zero-order chi connectivity index (χ0) is 25.7. The van der Waals surface area contributed by atoms with Crippen molar-refractivity contribution in [2.45, 2.75) is 121 Å². The van der Waals surface area contributed by atoms with Crippen LogP contribution in [0.5, 0.6) is 0 Å². The SMILES string of the molecule is CCCCCCCCCc1c(C(=O)O)c(S(=O)(=O)O)c2ccccc2c1CCCCCCCCC. The molecule has 0 aromatic heterocycles. The number of carboxylic acid groups (broad SMARTS) is 1. The third-order valence-corrected chi connectivity index (χ3v) is 7.86. The van der Waals surface area contributed by atoms with Gasteiger partial charge in [-0.25, -0.2) is 4.79 Å². The van der Waals surface area contributed by atoms with E-state index in [1.54, 1.807) is 12.1 Å². The molecule has 0 saturated carbocycles. The number of carbonyl (C=O) groups is 1. The first kappa shape index (κ1) is 29.3. The van der Waals surface area contributed by atoms with Crippen LogP contribution in [0.25, 0.3) is 10.8 Å². The van der Waals surface area contributed by atoms with E-state index in [9.17, 15) is 22.9 Å². The Labute approximate surface area is 212 Å². The molecule has 5 nitrogen and oxygen atoms in total. The second-order valence-corrected chi connectivity index (χ2v) is 11.1. The predicted molar refractivity (Wildman–Crippen MR) is 144 cm³/mol. The number of benzene rings is 2. The molecular formula is C29H44O5S. The van der Waals surface area contributed by atoms with Crippen molar-refractivity contribution in [2.75, 3.05) is 0 Å². The number of aromatic carboxylic acids is 1. The van der Waals surface area contributed by atoms with Crippen molar-refractivity contribution in [2.24, 2.45) is 0 Å². The highest BCUT2D eigenvalue weighted by atomic mass is 32.2. The number of hydrogen-bond acceptors (Lipinski definition) is 3. The van der Waals surface area contributed by atoms with E-state index in [4.69, 9.17) is 0 Å². The molecule has 0 saturated heterocycles. The van der Waals surface area contributed by atoms with Gasteiger partial charge in [0.1, 0.15) is 4.90 Å². The minimum Gasteiger partial charge on any atom is -0.478 e. The zero-order valence-corrected chi connectivity index (χ0v) is 22.5. The molecule has 0 amide bonds. The summed E-state index contributed by atoms with van der Waals surface area (Å²) in [5, 5.41) is 11.2. The van der Waals surface area contributed by atoms with Gasteiger partial charge in [-0.05, 0) is 42.2 Å². The van der Waals surface area contributed by atoms with E-state index in [-0.39, 0.29) is 5.56 Å². The quantitative estimate of drug-likeness (QED) is 0.157. The largest absolute Gasteiger partial charge is 0.478 e. The van der Waals surface area contributed by atoms with Gasteiger partial charge in [0.2, 0.25) is 0 Å². The van der Waals surface area contributed by atoms with Crippen molar-refractivity contribution in [1.82, 2.24) is 0 Å². The minimum atomic E-state index is -4.71. The van der Waals surface area contributed by atoms with E-state index in [1.165, 1.54) is 51.4 Å². The Morgan fingerprint density at radius 2 is 1.11 bits per heavy atom. The molecule has 6 heteroatoms. The standard InChI is InChI=1S/C29H44O5S/c1-3-5-7-9-11-13-15-19-23-24-20-17-18-22-26(24)28(35(32,33)34)27(29(30)31)25(23)21-16-14-12-10-8-6-4-2/h17-18,20,22H,3-16,19,21H2,1-2H3,(H,30,31)(H,32,33,34). The third kappa shape index (κ3) is 8.91. The maximum Gasteiger partial charge on any atom is 0.337 e. The van der Waals surface area contributed by atoms with Crippen molar-refractivity contribution in [3.63, 3.8) is 0 Å². The first-order valence-corrected chi connectivity index (χ1v) is 15.0. The molecule has 196 valence electrons. The fourth-order valence-electron chi connectivity index (χ4n) is 5.10. The number of carboxylic acids is 1. The van der Waals surface area contributed by atoms with E-state index < -0.39 is 21.0 Å². The lowest BCUT2D eigenvalue weighted by molar-refractivity contribution is 0.0691. The van der Waals surface area contributed by atoms with Gasteiger partial charge in [0, 0.05) is 5.39 Å². The van der Waals surface area contributed by atoms with Gasteiger partial charge < -0.3 is 5.11 Å². The highest BCUT2D eigenvalue weighted by molar-refractivity contribution is 7.86. The summed E-state index contributed by atoms with van der Waals surface area (Å²) in [6.45, 7) is 4.39. The maximum atomic E-state index is 12.4. The summed E-state index contributed by atoms with van der Waals surface area (Å²) >= 11 is 0. The molecule has 2 aromatic rings. The van der Waals surface area contributed by atoms with Gasteiger partial charge in [-0.15, -0.1) is 0 Å². The molecule has 0 bridgehead atoms. The predicted octanol–water partition coefficient (Wildman–Crippen LogP) is 8.37. The van der Waals surface area contributed by atoms with Gasteiger partial charge in [0.25, 0.3) is 10.1 Å². The van der Waals surface area contributed by atoms with Gasteiger partial charge >= 0.3 is 5.97 Å². The average Bonchev–Trinajstić information content (AvgIpc) is 2.82. The Bertz CT molecular complexity index is 1040. The summed E-state index contributed by atoms with van der Waals surface area (Å²) in [4.78, 5) is 11.9. The van der Waals surface area contributed by atoms with Crippen LogP contribution in [0.1, 0.15) is 125 Å². The highest BCUT2D eigenvalue weighted by Crippen LogP contribution is 2.36. The monoisotopic (exact) mass is 504 g/mol. The molecule has 0 aliphatic heterocycles. The Morgan fingerprint density at radius 3 is 1.57 bits per heavy atom. The highest BCUT2D eigenvalue weighted by Gasteiger charge is 2.29. The molecule has 0 aliphatic rings. The molecule has 2 rings (SSSR count). The number of hydrogen-bond donors (Lipinski definition) is 2. The summed E-state index contributed by atoms with van der Waals surface area (Å²) in [5.41, 5.74) is 1.28. The Kier molecular flexibility index (Phi) is 12.8. The van der Waals surface area contributed by atoms with Crippen LogP contribution in [0.15, 0.2) is 29.2 Å². The van der Waals surface area contributed by atoms with Crippen molar-refractivity contribution < 1.29 is 22.9 Å². The lowest BCUT2D eigenvalue weighted by Gasteiger charge is -2.20. The molecule has 0 fully saturated rings. The third-order valence-electron chi connectivity index (χ3n) is 6.92. The van der Waals surface area contributed by atoms with Gasteiger partial charge in [0.15, 0.2) is 0 Å². The van der Waals surface area contributed by atoms with E-state index in [0.717, 1.165) is 49.5 Å². The van der Waals surface area contributed by atoms with Crippen LogP contribution in [0, 0.1) is 0 Å². The molecule has 2 aromatic carbocycles. The van der Waals surface area contributed by atoms with Crippen LogP contribution < -0.4 is 0 Å². The molecule has 0 radical (unpaired) electrons. The van der Waals surface area contributed by atoms with Crippen LogP contribution in [0.2, 0.25) is 0 Å². The maximum absolute atomic E-state index is 12.4. The van der Waals surface area contributed by atoms with Crippen LogP contribution in [-0.2, 0) is 23.0 Å². The minimum absolute atomic E-state index is 0.241. The molecular weight excluding hydrogens is 460 g/mol. The average molecular weight is 505 g/mol. The second-order valence-electron chi connectivity index (χ2n) is 9.73. The molecule has 0 heterocycles. The topological polar surface area (TPSA) is 91.7 Å². The fraction of sp³-hybridized carbons (Fsp3) is 0.621. The molecule has 0 atom stereocenters. The Morgan fingerprint density at radius 1 is 0.686 bits per heavy atom. The Balaban J connectivity index is 2.38. The lowest BCUT2D eigenvalue weighted by atomic mass is 9.87. The number of rotatable bonds is 18. The Hall–Kier alpha value is -1.92. The first-order chi connectivity index (χ1) is 16.8.